The normalized spacial score (nSPS) is 19.4. The fraction of sp³-hybridized carbons (Fsp3) is 0.632. The van der Waals surface area contributed by atoms with Crippen molar-refractivity contribution >= 4 is 15.8 Å². The molecular formula is C19H31N3O2S. The zero-order chi connectivity index (χ0) is 18.7. The Bertz CT molecular complexity index is 709. The summed E-state index contributed by atoms with van der Waals surface area (Å²) in [5, 5.41) is 3.31. The van der Waals surface area contributed by atoms with E-state index in [-0.39, 0.29) is 22.5 Å². The summed E-state index contributed by atoms with van der Waals surface area (Å²) in [5.74, 6) is 1.14. The molecule has 0 aromatic heterocycles. The molecule has 2 rings (SSSR count). The lowest BCUT2D eigenvalue weighted by molar-refractivity contribution is -0.0666. The number of benzene rings is 1. The molecule has 25 heavy (non-hydrogen) atoms. The molecule has 1 heterocycles. The van der Waals surface area contributed by atoms with Crippen molar-refractivity contribution in [3.8, 4) is 0 Å². The Hall–Kier alpha value is -1.56. The summed E-state index contributed by atoms with van der Waals surface area (Å²) in [6.45, 7) is 10.5. The molecule has 0 radical (unpaired) electrons. The van der Waals surface area contributed by atoms with Crippen LogP contribution in [0.2, 0.25) is 0 Å². The molecule has 0 unspecified atom stereocenters. The Morgan fingerprint density at radius 2 is 1.84 bits per heavy atom. The summed E-state index contributed by atoms with van der Waals surface area (Å²) in [6, 6.07) is 9.33. The number of nitrogens with zero attached hydrogens (tertiary/aromatic N) is 2. The Balaban J connectivity index is 1.80. The smallest absolute Gasteiger partial charge is 0.194 e. The molecule has 6 heteroatoms. The van der Waals surface area contributed by atoms with Gasteiger partial charge in [-0.2, -0.15) is 0 Å². The molecular weight excluding hydrogens is 334 g/mol. The molecule has 140 valence electrons. The second-order valence-electron chi connectivity index (χ2n) is 7.93. The number of likely N-dealkylation sites (tertiary alicyclic amines) is 1. The van der Waals surface area contributed by atoms with Crippen molar-refractivity contribution in [2.24, 2.45) is 10.4 Å². The van der Waals surface area contributed by atoms with Gasteiger partial charge in [-0.05, 0) is 25.8 Å². The zero-order valence-electron chi connectivity index (χ0n) is 16.0. The SMILES string of the molecule is CN=C(NCCCS(=O)(=O)Cc1ccccc1)N1CC(C)(C)C1(C)C. The van der Waals surface area contributed by atoms with Crippen LogP contribution in [0.4, 0.5) is 0 Å². The summed E-state index contributed by atoms with van der Waals surface area (Å²) in [5.41, 5.74) is 1.12. The van der Waals surface area contributed by atoms with Gasteiger partial charge in [-0.3, -0.25) is 4.99 Å². The van der Waals surface area contributed by atoms with Crippen LogP contribution < -0.4 is 5.32 Å². The van der Waals surface area contributed by atoms with E-state index >= 15 is 0 Å². The maximum atomic E-state index is 12.2. The third-order valence-electron chi connectivity index (χ3n) is 5.50. The average molecular weight is 366 g/mol. The standard InChI is InChI=1S/C19H31N3O2S/c1-18(2)15-22(19(18,3)4)17(20-5)21-12-9-13-25(23,24)14-16-10-7-6-8-11-16/h6-8,10-11H,9,12-15H2,1-5H3,(H,20,21). The zero-order valence-corrected chi connectivity index (χ0v) is 16.9. The maximum absolute atomic E-state index is 12.2. The van der Waals surface area contributed by atoms with E-state index in [4.69, 9.17) is 0 Å². The number of sulfone groups is 1. The van der Waals surface area contributed by atoms with Crippen molar-refractivity contribution in [2.45, 2.75) is 45.4 Å². The highest BCUT2D eigenvalue weighted by molar-refractivity contribution is 7.90. The van der Waals surface area contributed by atoms with Crippen molar-refractivity contribution < 1.29 is 8.42 Å². The van der Waals surface area contributed by atoms with Crippen LogP contribution in [0.25, 0.3) is 0 Å². The molecule has 1 aromatic carbocycles. The van der Waals surface area contributed by atoms with E-state index in [9.17, 15) is 8.42 Å². The highest BCUT2D eigenvalue weighted by atomic mass is 32.2. The minimum Gasteiger partial charge on any atom is -0.356 e. The van der Waals surface area contributed by atoms with Gasteiger partial charge < -0.3 is 10.2 Å². The second-order valence-corrected chi connectivity index (χ2v) is 10.1. The van der Waals surface area contributed by atoms with Gasteiger partial charge in [0.1, 0.15) is 0 Å². The predicted molar refractivity (Wildman–Crippen MR) is 104 cm³/mol. The van der Waals surface area contributed by atoms with E-state index in [2.05, 4.69) is 42.9 Å². The molecule has 1 fully saturated rings. The monoisotopic (exact) mass is 365 g/mol. The van der Waals surface area contributed by atoms with Crippen LogP contribution in [0.3, 0.4) is 0 Å². The minimum atomic E-state index is -3.09. The molecule has 1 aromatic rings. The number of nitrogens with one attached hydrogen (secondary N) is 1. The number of aliphatic imine (C=N–C) groups is 1. The summed E-state index contributed by atoms with van der Waals surface area (Å²) >= 11 is 0. The van der Waals surface area contributed by atoms with Gasteiger partial charge in [0, 0.05) is 31.1 Å². The van der Waals surface area contributed by atoms with Crippen LogP contribution in [0.15, 0.2) is 35.3 Å². The van der Waals surface area contributed by atoms with Crippen molar-refractivity contribution in [2.75, 3.05) is 25.9 Å². The second kappa shape index (κ2) is 7.36. The summed E-state index contributed by atoms with van der Waals surface area (Å²) in [6.07, 6.45) is 0.575. The van der Waals surface area contributed by atoms with Gasteiger partial charge in [-0.15, -0.1) is 0 Å². The van der Waals surface area contributed by atoms with Crippen molar-refractivity contribution in [1.29, 1.82) is 0 Å². The van der Waals surface area contributed by atoms with E-state index in [0.29, 0.717) is 13.0 Å². The summed E-state index contributed by atoms with van der Waals surface area (Å²) in [7, 11) is -1.31. The van der Waals surface area contributed by atoms with Crippen LogP contribution in [-0.4, -0.2) is 50.7 Å². The minimum absolute atomic E-state index is 0.0359. The molecule has 1 aliphatic rings. The first kappa shape index (κ1) is 19.8. The average Bonchev–Trinajstić information content (AvgIpc) is 2.54. The number of hydrogen-bond donors (Lipinski definition) is 1. The fourth-order valence-corrected chi connectivity index (χ4v) is 4.52. The number of rotatable bonds is 6. The van der Waals surface area contributed by atoms with Crippen LogP contribution in [0, 0.1) is 5.41 Å². The quantitative estimate of drug-likeness (QED) is 0.478. The molecule has 0 aliphatic carbocycles. The Morgan fingerprint density at radius 1 is 1.20 bits per heavy atom. The molecule has 0 amide bonds. The Kier molecular flexibility index (Phi) is 5.82. The third kappa shape index (κ3) is 4.54. The van der Waals surface area contributed by atoms with Crippen LogP contribution >= 0.6 is 0 Å². The fourth-order valence-electron chi connectivity index (χ4n) is 3.09. The lowest BCUT2D eigenvalue weighted by atomic mass is 9.65. The van der Waals surface area contributed by atoms with E-state index in [1.54, 1.807) is 7.05 Å². The number of guanidine groups is 1. The highest BCUT2D eigenvalue weighted by Gasteiger charge is 2.53. The first-order chi connectivity index (χ1) is 11.6. The van der Waals surface area contributed by atoms with E-state index in [0.717, 1.165) is 18.1 Å². The molecule has 0 atom stereocenters. The van der Waals surface area contributed by atoms with Crippen molar-refractivity contribution in [3.05, 3.63) is 35.9 Å². The van der Waals surface area contributed by atoms with Crippen LogP contribution in [0.5, 0.6) is 0 Å². The topological polar surface area (TPSA) is 61.8 Å². The van der Waals surface area contributed by atoms with E-state index < -0.39 is 9.84 Å². The molecule has 1 aliphatic heterocycles. The highest BCUT2D eigenvalue weighted by Crippen LogP contribution is 2.46. The molecule has 1 N–H and O–H groups in total. The molecule has 0 saturated carbocycles. The van der Waals surface area contributed by atoms with Crippen LogP contribution in [-0.2, 0) is 15.6 Å². The molecule has 0 bridgehead atoms. The van der Waals surface area contributed by atoms with Gasteiger partial charge in [0.15, 0.2) is 15.8 Å². The van der Waals surface area contributed by atoms with Gasteiger partial charge in [0.2, 0.25) is 0 Å². The molecule has 0 spiro atoms. The Labute approximate surface area is 152 Å². The molecule has 1 saturated heterocycles. The van der Waals surface area contributed by atoms with Crippen molar-refractivity contribution in [3.63, 3.8) is 0 Å². The Morgan fingerprint density at radius 3 is 2.36 bits per heavy atom. The predicted octanol–water partition coefficient (Wildman–Crippen LogP) is 2.69. The lowest BCUT2D eigenvalue weighted by Crippen LogP contribution is -2.72. The van der Waals surface area contributed by atoms with Crippen LogP contribution in [0.1, 0.15) is 39.7 Å². The van der Waals surface area contributed by atoms with Gasteiger partial charge in [0.05, 0.1) is 11.5 Å². The van der Waals surface area contributed by atoms with Gasteiger partial charge in [-0.1, -0.05) is 44.2 Å². The molecule has 5 nitrogen and oxygen atoms in total. The first-order valence-electron chi connectivity index (χ1n) is 8.82. The first-order valence-corrected chi connectivity index (χ1v) is 10.6. The summed E-state index contributed by atoms with van der Waals surface area (Å²) < 4.78 is 24.5. The lowest BCUT2D eigenvalue weighted by Gasteiger charge is -2.62. The van der Waals surface area contributed by atoms with E-state index in [1.807, 2.05) is 30.3 Å². The van der Waals surface area contributed by atoms with Crippen molar-refractivity contribution in [1.82, 2.24) is 10.2 Å². The van der Waals surface area contributed by atoms with E-state index in [1.165, 1.54) is 0 Å². The largest absolute Gasteiger partial charge is 0.356 e. The summed E-state index contributed by atoms with van der Waals surface area (Å²) in [4.78, 5) is 6.61. The van der Waals surface area contributed by atoms with Gasteiger partial charge >= 0.3 is 0 Å². The van der Waals surface area contributed by atoms with Gasteiger partial charge in [0.25, 0.3) is 0 Å². The third-order valence-corrected chi connectivity index (χ3v) is 7.18. The maximum Gasteiger partial charge on any atom is 0.194 e. The van der Waals surface area contributed by atoms with Gasteiger partial charge in [-0.25, -0.2) is 8.42 Å². The number of hydrogen-bond acceptors (Lipinski definition) is 3.